The summed E-state index contributed by atoms with van der Waals surface area (Å²) in [4.78, 5) is 105. The molecule has 0 rings (SSSR count). The van der Waals surface area contributed by atoms with Gasteiger partial charge >= 0.3 is 41.8 Å². The number of methoxy groups -OCH3 is 3. The van der Waals surface area contributed by atoms with Crippen LogP contribution < -0.4 is 10.6 Å². The Kier molecular flexibility index (Phi) is 40.3. The number of rotatable bonds is 36. The first-order valence-corrected chi connectivity index (χ1v) is 26.1. The van der Waals surface area contributed by atoms with Gasteiger partial charge in [-0.3, -0.25) is 24.0 Å². The number of azo groups is 1. The van der Waals surface area contributed by atoms with Gasteiger partial charge in [0.25, 0.3) is 0 Å². The summed E-state index contributed by atoms with van der Waals surface area (Å²) in [5.74, 6) is -5.50. The van der Waals surface area contributed by atoms with Crippen molar-refractivity contribution in [1.29, 1.82) is 15.8 Å². The molecule has 28 nitrogen and oxygen atoms in total. The summed E-state index contributed by atoms with van der Waals surface area (Å²) < 4.78 is 48.8. The van der Waals surface area contributed by atoms with E-state index < -0.39 is 100 Å². The second-order valence-corrected chi connectivity index (χ2v) is 20.0. The Hall–Kier alpha value is -7.16. The quantitative estimate of drug-likeness (QED) is 0.0230. The predicted molar refractivity (Wildman–Crippen MR) is 288 cm³/mol. The van der Waals surface area contributed by atoms with Crippen molar-refractivity contribution in [2.45, 2.75) is 176 Å². The lowest BCUT2D eigenvalue weighted by Crippen LogP contribution is -2.43. The smallest absolute Gasteiger partial charge is 0.347 e. The zero-order valence-corrected chi connectivity index (χ0v) is 50.2. The zero-order valence-electron chi connectivity index (χ0n) is 50.2. The third-order valence-electron chi connectivity index (χ3n) is 10.9. The number of aliphatic hydroxyl groups excluding tert-OH is 2. The molecule has 0 bridgehead atoms. The molecule has 2 amide bonds. The third kappa shape index (κ3) is 37.7. The fourth-order valence-electron chi connectivity index (χ4n) is 5.89. The van der Waals surface area contributed by atoms with E-state index in [2.05, 4.69) is 38.2 Å². The average Bonchev–Trinajstić information content (AvgIpc) is 3.43. The summed E-state index contributed by atoms with van der Waals surface area (Å²) in [6.07, 6.45) is -5.75. The molecule has 0 aliphatic carbocycles. The molecule has 464 valence electrons. The lowest BCUT2D eigenvalue weighted by atomic mass is 9.72. The summed E-state index contributed by atoms with van der Waals surface area (Å²) in [5, 5.41) is 59.7. The number of hydrogen-bond acceptors (Lipinski definition) is 26. The number of nitrogens with one attached hydrogen (secondary N) is 2. The fourth-order valence-corrected chi connectivity index (χ4v) is 5.89. The van der Waals surface area contributed by atoms with E-state index >= 15 is 0 Å². The fraction of sp³-hybridized carbons (Fsp3) is 0.741. The number of esters is 7. The molecule has 0 aromatic heterocycles. The summed E-state index contributed by atoms with van der Waals surface area (Å²) in [5.41, 5.74) is -4.13. The maximum absolute atomic E-state index is 12.8. The molecule has 0 spiro atoms. The summed E-state index contributed by atoms with van der Waals surface area (Å²) in [6, 6.07) is 6.18. The summed E-state index contributed by atoms with van der Waals surface area (Å²) in [6.45, 7) is 22.7. The van der Waals surface area contributed by atoms with Crippen LogP contribution in [0.4, 0.5) is 0 Å². The summed E-state index contributed by atoms with van der Waals surface area (Å²) in [7, 11) is 4.48. The minimum Gasteiger partial charge on any atom is -0.463 e. The number of aliphatic hydroxyl groups is 2. The van der Waals surface area contributed by atoms with Crippen molar-refractivity contribution in [2.24, 2.45) is 21.1 Å². The van der Waals surface area contributed by atoms with E-state index in [0.717, 1.165) is 0 Å². The van der Waals surface area contributed by atoms with E-state index in [9.17, 15) is 58.9 Å². The van der Waals surface area contributed by atoms with Crippen LogP contribution in [0.3, 0.4) is 0 Å². The molecule has 9 unspecified atom stereocenters. The van der Waals surface area contributed by atoms with Crippen molar-refractivity contribution in [1.82, 2.24) is 10.6 Å². The van der Waals surface area contributed by atoms with Crippen molar-refractivity contribution < 1.29 is 101 Å². The highest BCUT2D eigenvalue weighted by Crippen LogP contribution is 2.37. The van der Waals surface area contributed by atoms with Crippen molar-refractivity contribution in [3.8, 4) is 18.2 Å². The SMILES string of the molecule is C=C(C)C(=O)NCC(C)OC(=O)C(C)OC(=O)C(C)O.COCCOC(=O)CCC(C)(C#N)CC(C)(C)C(=O)NCC(C)OC(=O)C(C)OC(=O)C(C)O.COCCOC(=O)CCC(C)(C#N)N=NC(C)(C#N)CCC(=O)OCCOC. The monoisotopic (exact) mass is 1170 g/mol. The Morgan fingerprint density at radius 2 is 0.866 bits per heavy atom. The number of amides is 2. The van der Waals surface area contributed by atoms with E-state index in [4.69, 9.17) is 52.8 Å². The second-order valence-electron chi connectivity index (χ2n) is 20.0. The first-order chi connectivity index (χ1) is 38.1. The third-order valence-corrected chi connectivity index (χ3v) is 10.9. The molecule has 0 heterocycles. The molecule has 0 saturated carbocycles. The highest BCUT2D eigenvalue weighted by Gasteiger charge is 2.38. The number of carbonyl (C=O) groups excluding carboxylic acids is 9. The van der Waals surface area contributed by atoms with Gasteiger partial charge in [-0.15, -0.1) is 0 Å². The number of ether oxygens (including phenoxy) is 10. The zero-order chi connectivity index (χ0) is 63.9. The van der Waals surface area contributed by atoms with Crippen LogP contribution in [0.5, 0.6) is 0 Å². The van der Waals surface area contributed by atoms with Crippen LogP contribution in [0.25, 0.3) is 0 Å². The highest BCUT2D eigenvalue weighted by molar-refractivity contribution is 5.92. The molecule has 4 N–H and O–H groups in total. The van der Waals surface area contributed by atoms with Gasteiger partial charge in [0, 0.05) is 51.6 Å². The number of nitriles is 3. The van der Waals surface area contributed by atoms with Gasteiger partial charge in [-0.25, -0.2) is 19.2 Å². The van der Waals surface area contributed by atoms with Crippen molar-refractivity contribution in [3.63, 3.8) is 0 Å². The molecule has 0 aromatic carbocycles. The van der Waals surface area contributed by atoms with E-state index in [1.807, 2.05) is 12.1 Å². The van der Waals surface area contributed by atoms with Crippen LogP contribution in [-0.2, 0) is 90.5 Å². The lowest BCUT2D eigenvalue weighted by molar-refractivity contribution is -0.173. The van der Waals surface area contributed by atoms with Gasteiger partial charge in [0.05, 0.1) is 56.5 Å². The van der Waals surface area contributed by atoms with Crippen LogP contribution in [0.15, 0.2) is 22.4 Å². The van der Waals surface area contributed by atoms with Crippen LogP contribution >= 0.6 is 0 Å². The Balaban J connectivity index is -0.00000118. The van der Waals surface area contributed by atoms with Gasteiger partial charge < -0.3 is 68.2 Å². The van der Waals surface area contributed by atoms with Crippen LogP contribution in [0.1, 0.15) is 128 Å². The van der Waals surface area contributed by atoms with Gasteiger partial charge in [0.15, 0.2) is 23.3 Å². The van der Waals surface area contributed by atoms with Gasteiger partial charge in [0.2, 0.25) is 11.8 Å². The minimum absolute atomic E-state index is 0.000165. The highest BCUT2D eigenvalue weighted by atomic mass is 16.6. The van der Waals surface area contributed by atoms with Gasteiger partial charge in [-0.05, 0) is 94.9 Å². The van der Waals surface area contributed by atoms with Gasteiger partial charge in [0.1, 0.15) is 44.2 Å². The Morgan fingerprint density at radius 3 is 1.17 bits per heavy atom. The number of carbonyl (C=O) groups is 9. The van der Waals surface area contributed by atoms with Crippen LogP contribution in [0.2, 0.25) is 0 Å². The molecule has 9 atom stereocenters. The van der Waals surface area contributed by atoms with Gasteiger partial charge in [-0.1, -0.05) is 20.4 Å². The molecule has 0 aliphatic heterocycles. The Morgan fingerprint density at radius 1 is 0.524 bits per heavy atom. The molecule has 0 saturated heterocycles. The molecule has 0 aromatic rings. The Labute approximate surface area is 480 Å². The van der Waals surface area contributed by atoms with Crippen molar-refractivity contribution in [3.05, 3.63) is 12.2 Å². The first-order valence-electron chi connectivity index (χ1n) is 26.1. The largest absolute Gasteiger partial charge is 0.463 e. The standard InChI is InChI=1S/C23H38N2O9.C18H28N4O6.C13H21NO6/c1-15(33-20(29)17(3)34-19(28)16(2)26)12-25-21(30)22(4,5)13-23(6,14-24)9-8-18(27)32-11-10-31-7;1-17(13-19,7-5-15(23)27-11-9-25-3)21-22-18(2,14-20)8-6-16(24)28-12-10-26-4;1-7(2)11(16)14-6-8(3)19-13(18)10(5)20-12(17)9(4)15/h15-17,26H,8-13H2,1-7H3,(H,25,30);5-12H2,1-4H3;8-10,15H,1,6H2,2-5H3,(H,14,16). The molecule has 28 heteroatoms. The van der Waals surface area contributed by atoms with Gasteiger partial charge in [-0.2, -0.15) is 26.0 Å². The molecular formula is C54H87N7O21. The predicted octanol–water partition coefficient (Wildman–Crippen LogP) is 3.13. The number of nitrogens with zero attached hydrogens (tertiary/aromatic N) is 5. The van der Waals surface area contributed by atoms with E-state index in [1.165, 1.54) is 62.9 Å². The maximum atomic E-state index is 12.8. The van der Waals surface area contributed by atoms with Crippen LogP contribution in [0, 0.1) is 44.8 Å². The molecular weight excluding hydrogens is 1080 g/mol. The first kappa shape index (κ1) is 79.1. The Bertz CT molecular complexity index is 2170. The van der Waals surface area contributed by atoms with E-state index in [-0.39, 0.29) is 109 Å². The van der Waals surface area contributed by atoms with Crippen molar-refractivity contribution >= 4 is 53.6 Å². The van der Waals surface area contributed by atoms with Crippen LogP contribution in [-0.4, -0.2) is 186 Å². The lowest BCUT2D eigenvalue weighted by Gasteiger charge is -2.32. The average molecular weight is 1170 g/mol. The van der Waals surface area contributed by atoms with E-state index in [0.29, 0.717) is 5.57 Å². The molecule has 0 fully saturated rings. The minimum atomic E-state index is -1.37. The second kappa shape index (κ2) is 41.8. The molecule has 82 heavy (non-hydrogen) atoms. The topological polar surface area (TPSA) is 407 Å². The normalized spacial score (nSPS) is 15.2. The summed E-state index contributed by atoms with van der Waals surface area (Å²) >= 11 is 0. The van der Waals surface area contributed by atoms with Crippen molar-refractivity contribution in [2.75, 3.05) is 74.1 Å². The number of hydrogen-bond donors (Lipinski definition) is 4. The molecule has 0 radical (unpaired) electrons. The van der Waals surface area contributed by atoms with E-state index in [1.54, 1.807) is 41.5 Å². The maximum Gasteiger partial charge on any atom is 0.347 e. The molecule has 0 aliphatic rings.